The van der Waals surface area contributed by atoms with E-state index in [9.17, 15) is 0 Å². The number of nitrogens with zero attached hydrogens (tertiary/aromatic N) is 9. The summed E-state index contributed by atoms with van der Waals surface area (Å²) in [6, 6.07) is 136. The molecule has 0 fully saturated rings. The lowest BCUT2D eigenvalue weighted by atomic mass is 10.0. The molecule has 0 bridgehead atoms. The van der Waals surface area contributed by atoms with Gasteiger partial charge in [-0.05, 0) is 142 Å². The molecule has 30 rings (SSSR count). The van der Waals surface area contributed by atoms with Crippen molar-refractivity contribution in [3.8, 4) is 51.4 Å². The summed E-state index contributed by atoms with van der Waals surface area (Å²) in [5.74, 6) is 2.36. The summed E-state index contributed by atoms with van der Waals surface area (Å²) < 4.78 is 24.4. The fourth-order valence-corrected chi connectivity index (χ4v) is 25.7. The van der Waals surface area contributed by atoms with E-state index >= 15 is 0 Å². The number of furan rings is 1. The molecule has 0 spiro atoms. The zero-order chi connectivity index (χ0) is 84.2. The third kappa shape index (κ3) is 11.1. The van der Waals surface area contributed by atoms with Gasteiger partial charge < -0.3 is 4.42 Å². The van der Waals surface area contributed by atoms with Gasteiger partial charge in [0.25, 0.3) is 0 Å². The lowest BCUT2D eigenvalue weighted by molar-refractivity contribution is 0.653. The molecule has 0 saturated heterocycles. The maximum atomic E-state index is 6.32. The fraction of sp³-hybridized carbons (Fsp3) is 0. The minimum atomic E-state index is 0.544. The molecule has 600 valence electrons. The molecule has 12 heterocycles. The predicted molar refractivity (Wildman–Crippen MR) is 550 cm³/mol. The molecular weight excluding hydrogens is 1670 g/mol. The second-order valence-corrected chi connectivity index (χ2v) is 38.3. The van der Waals surface area contributed by atoms with Crippen molar-refractivity contribution in [2.24, 2.45) is 0 Å². The van der Waals surface area contributed by atoms with Crippen LogP contribution in [0.3, 0.4) is 0 Å². The van der Waals surface area contributed by atoms with E-state index < -0.39 is 0 Å². The van der Waals surface area contributed by atoms with Crippen molar-refractivity contribution < 1.29 is 4.42 Å². The van der Waals surface area contributed by atoms with Gasteiger partial charge in [-0.15, -0.1) is 56.7 Å². The first-order valence-electron chi connectivity index (χ1n) is 43.0. The van der Waals surface area contributed by atoms with E-state index in [1.807, 2.05) is 52.2 Å². The number of hydrogen-bond acceptors (Lipinski definition) is 12. The highest BCUT2D eigenvalue weighted by atomic mass is 32.1. The maximum absolute atomic E-state index is 6.32. The third-order valence-corrected chi connectivity index (χ3v) is 31.5. The minimum absolute atomic E-state index is 0.544. The Morgan fingerprint density at radius 3 is 1.12 bits per heavy atom. The van der Waals surface area contributed by atoms with Gasteiger partial charge in [-0.25, -0.2) is 29.9 Å². The van der Waals surface area contributed by atoms with E-state index in [0.717, 1.165) is 121 Å². The van der Waals surface area contributed by atoms with Gasteiger partial charge in [0.05, 0.1) is 49.0 Å². The molecule has 0 radical (unpaired) electrons. The van der Waals surface area contributed by atoms with E-state index in [-0.39, 0.29) is 0 Å². The van der Waals surface area contributed by atoms with E-state index in [2.05, 4.69) is 378 Å². The Bertz CT molecular complexity index is 9670. The second-order valence-electron chi connectivity index (χ2n) is 33.0. The SMILES string of the molecule is c1ccc2cc3c(cc2c1)c1ccccc1n3-c1nc(-c2cccc3c2sc2ccccc23)c2sc3ccccc3c2n1.c1ccc2cc3c(cc2c1)c1ccccc1n3-c1nc2c(nc1-c1cccc3sc4ccccc4c13)oc1ccccc12.c1ccc2cc3c(cc2c1)c1ccccc1n3-c1nc2c(nc1-c1cccc3sc4ccccc4c13)sc1ccccc12. The molecule has 129 heavy (non-hydrogen) atoms. The highest BCUT2D eigenvalue weighted by molar-refractivity contribution is 7.28. The van der Waals surface area contributed by atoms with Crippen LogP contribution in [0.25, 0.3) is 273 Å². The van der Waals surface area contributed by atoms with Crippen LogP contribution in [-0.2, 0) is 0 Å². The lowest BCUT2D eigenvalue weighted by Gasteiger charge is -2.14. The highest BCUT2D eigenvalue weighted by Gasteiger charge is 2.29. The predicted octanol–water partition coefficient (Wildman–Crippen LogP) is 32.9. The zero-order valence-electron chi connectivity index (χ0n) is 68.3. The number of hydrogen-bond donors (Lipinski definition) is 0. The molecular formula is C114H63N9OS5. The van der Waals surface area contributed by atoms with Crippen LogP contribution in [-0.4, -0.2) is 43.6 Å². The van der Waals surface area contributed by atoms with E-state index in [1.165, 1.54) is 140 Å². The number of aromatic nitrogens is 9. The molecule has 0 saturated carbocycles. The van der Waals surface area contributed by atoms with Crippen LogP contribution in [0.1, 0.15) is 0 Å². The average molecular weight is 1740 g/mol. The standard InChI is InChI=1S/C38H21N3OS.2C38H21N3S2/c1-2-11-23-21-30-28(20-22(23)10-1)24-12-3-6-16-29(24)41(30)37-35(40-38-36(39-37)25-13-4-7-17-31(25)42-38)27-15-9-19-33-34(27)26-14-5-8-18-32(26)43-33;1-2-11-23-21-31-29(20-22(23)10-1)24-12-3-6-17-30(24)41(31)38-39-34-27-14-5-8-19-33(27)43-37(34)35(40-38)28-16-9-15-26-25-13-4-7-18-32(25)42-36(26)28;1-2-11-23-21-30-28(20-22(23)10-1)24-12-3-6-16-29(24)41(30)37-35(40-38-36(39-37)26-14-5-8-18-32(26)43-38)27-15-9-19-33-34(27)25-13-4-7-17-31(25)42-33/h3*1-21H. The Morgan fingerprint density at radius 2 is 0.581 bits per heavy atom. The quantitative estimate of drug-likeness (QED) is 0.163. The number of rotatable bonds is 6. The normalized spacial score (nSPS) is 12.2. The highest BCUT2D eigenvalue weighted by Crippen LogP contribution is 2.51. The van der Waals surface area contributed by atoms with Gasteiger partial charge in [-0.3, -0.25) is 13.7 Å². The van der Waals surface area contributed by atoms with E-state index in [1.54, 1.807) is 22.7 Å². The first-order valence-corrected chi connectivity index (χ1v) is 47.1. The lowest BCUT2D eigenvalue weighted by Crippen LogP contribution is -2.03. The van der Waals surface area contributed by atoms with Crippen LogP contribution in [0.2, 0.25) is 0 Å². The Labute approximate surface area is 753 Å². The number of thiophene rings is 5. The Morgan fingerprint density at radius 1 is 0.209 bits per heavy atom. The van der Waals surface area contributed by atoms with Gasteiger partial charge >= 0.3 is 0 Å². The molecule has 12 aromatic heterocycles. The summed E-state index contributed by atoms with van der Waals surface area (Å²) >= 11 is 8.99. The van der Waals surface area contributed by atoms with Crippen molar-refractivity contribution in [3.05, 3.63) is 382 Å². The first-order chi connectivity index (χ1) is 63.9. The molecule has 0 unspecified atom stereocenters. The van der Waals surface area contributed by atoms with Gasteiger partial charge in [-0.2, -0.15) is 0 Å². The van der Waals surface area contributed by atoms with Crippen LogP contribution >= 0.6 is 56.7 Å². The van der Waals surface area contributed by atoms with Gasteiger partial charge in [0.15, 0.2) is 11.6 Å². The molecule has 18 aromatic carbocycles. The molecule has 15 heteroatoms. The number of benzene rings is 18. The third-order valence-electron chi connectivity index (χ3n) is 25.8. The maximum Gasteiger partial charge on any atom is 0.247 e. The molecule has 0 aliphatic rings. The van der Waals surface area contributed by atoms with Crippen LogP contribution < -0.4 is 0 Å². The van der Waals surface area contributed by atoms with Crippen LogP contribution in [0.5, 0.6) is 0 Å². The molecule has 0 N–H and O–H groups in total. The molecule has 30 aromatic rings. The van der Waals surface area contributed by atoms with Gasteiger partial charge in [0, 0.05) is 135 Å². The molecule has 10 nitrogen and oxygen atoms in total. The van der Waals surface area contributed by atoms with Gasteiger partial charge in [-0.1, -0.05) is 273 Å². The minimum Gasteiger partial charge on any atom is -0.436 e. The monoisotopic (exact) mass is 1730 g/mol. The van der Waals surface area contributed by atoms with Crippen molar-refractivity contribution in [1.82, 2.24) is 43.6 Å². The van der Waals surface area contributed by atoms with Crippen molar-refractivity contribution >= 4 is 278 Å². The Kier molecular flexibility index (Phi) is 16.0. The van der Waals surface area contributed by atoms with Crippen LogP contribution in [0.4, 0.5) is 0 Å². The molecule has 0 aliphatic heterocycles. The van der Waals surface area contributed by atoms with E-state index in [4.69, 9.17) is 34.3 Å². The fourth-order valence-electron chi connectivity index (χ4n) is 20.1. The Hall–Kier alpha value is -15.7. The number of para-hydroxylation sites is 4. The summed E-state index contributed by atoms with van der Waals surface area (Å²) in [6.07, 6.45) is 0. The summed E-state index contributed by atoms with van der Waals surface area (Å²) in [4.78, 5) is 33.6. The number of fused-ring (bicyclic) bond motifs is 30. The van der Waals surface area contributed by atoms with E-state index in [0.29, 0.717) is 11.7 Å². The van der Waals surface area contributed by atoms with Crippen molar-refractivity contribution in [1.29, 1.82) is 0 Å². The first kappa shape index (κ1) is 72.6. The van der Waals surface area contributed by atoms with Crippen molar-refractivity contribution in [2.75, 3.05) is 0 Å². The molecule has 0 atom stereocenters. The van der Waals surface area contributed by atoms with Gasteiger partial charge in [0.1, 0.15) is 32.8 Å². The molecule has 0 amide bonds. The summed E-state index contributed by atoms with van der Waals surface area (Å²) in [5.41, 5.74) is 16.8. The average Bonchev–Trinajstić information content (AvgIpc) is 1.55. The van der Waals surface area contributed by atoms with Crippen LogP contribution in [0.15, 0.2) is 387 Å². The van der Waals surface area contributed by atoms with Crippen LogP contribution in [0, 0.1) is 0 Å². The smallest absolute Gasteiger partial charge is 0.247 e. The largest absolute Gasteiger partial charge is 0.436 e. The summed E-state index contributed by atoms with van der Waals surface area (Å²) in [6.45, 7) is 0. The van der Waals surface area contributed by atoms with Gasteiger partial charge in [0.2, 0.25) is 11.7 Å². The summed E-state index contributed by atoms with van der Waals surface area (Å²) in [5, 5.41) is 25.3. The zero-order valence-corrected chi connectivity index (χ0v) is 72.4. The van der Waals surface area contributed by atoms with Crippen molar-refractivity contribution in [3.63, 3.8) is 0 Å². The van der Waals surface area contributed by atoms with Crippen molar-refractivity contribution in [2.45, 2.75) is 0 Å². The Balaban J connectivity index is 0.0000000976. The second kappa shape index (κ2) is 28.4. The molecule has 0 aliphatic carbocycles. The summed E-state index contributed by atoms with van der Waals surface area (Å²) in [7, 11) is 0. The topological polar surface area (TPSA) is 105 Å².